The molecule has 1 aliphatic heterocycles. The zero-order chi connectivity index (χ0) is 10.8. The molecule has 1 heterocycles. The average molecular weight is 227 g/mol. The summed E-state index contributed by atoms with van der Waals surface area (Å²) in [6.07, 6.45) is 2.71. The van der Waals surface area contributed by atoms with Gasteiger partial charge in [0.1, 0.15) is 5.78 Å². The van der Waals surface area contributed by atoms with Gasteiger partial charge in [-0.25, -0.2) is 0 Å². The molecule has 0 aromatic rings. The van der Waals surface area contributed by atoms with Crippen molar-refractivity contribution in [2.45, 2.75) is 45.2 Å². The summed E-state index contributed by atoms with van der Waals surface area (Å²) >= 11 is 2.05. The molecule has 1 saturated heterocycles. The molecule has 0 N–H and O–H groups in total. The fraction of sp³-hybridized carbons (Fsp3) is 0.917. The standard InChI is InChI=1S/C12H21NOS/c1-9-3-4-11(14)7-12(9)13-5-6-15-8-10(13)2/h9-10,12H,3-8H2,1-2H3. The molecule has 2 aliphatic rings. The molecule has 3 heteroatoms. The lowest BCUT2D eigenvalue weighted by atomic mass is 9.83. The molecule has 0 bridgehead atoms. The Hall–Kier alpha value is -0.0200. The van der Waals surface area contributed by atoms with Crippen LogP contribution in [0.2, 0.25) is 0 Å². The summed E-state index contributed by atoms with van der Waals surface area (Å²) in [5, 5.41) is 0. The Morgan fingerprint density at radius 2 is 2.20 bits per heavy atom. The highest BCUT2D eigenvalue weighted by Gasteiger charge is 2.34. The van der Waals surface area contributed by atoms with Gasteiger partial charge < -0.3 is 0 Å². The maximum atomic E-state index is 11.5. The summed E-state index contributed by atoms with van der Waals surface area (Å²) in [5.74, 6) is 3.65. The van der Waals surface area contributed by atoms with Crippen LogP contribution < -0.4 is 0 Å². The van der Waals surface area contributed by atoms with Crippen molar-refractivity contribution < 1.29 is 4.79 Å². The smallest absolute Gasteiger partial charge is 0.134 e. The highest BCUT2D eigenvalue weighted by molar-refractivity contribution is 7.99. The van der Waals surface area contributed by atoms with Gasteiger partial charge in [-0.3, -0.25) is 9.69 Å². The molecule has 3 atom stereocenters. The zero-order valence-corrected chi connectivity index (χ0v) is 10.6. The molecule has 2 nitrogen and oxygen atoms in total. The second kappa shape index (κ2) is 4.88. The van der Waals surface area contributed by atoms with Crippen LogP contribution in [0.1, 0.15) is 33.1 Å². The van der Waals surface area contributed by atoms with Crippen LogP contribution in [0.5, 0.6) is 0 Å². The molecule has 1 saturated carbocycles. The van der Waals surface area contributed by atoms with E-state index in [1.165, 1.54) is 18.1 Å². The summed E-state index contributed by atoms with van der Waals surface area (Å²) in [7, 11) is 0. The minimum absolute atomic E-state index is 0.475. The van der Waals surface area contributed by atoms with Crippen molar-refractivity contribution >= 4 is 17.5 Å². The number of ketones is 1. The van der Waals surface area contributed by atoms with Crippen LogP contribution in [0.25, 0.3) is 0 Å². The highest BCUT2D eigenvalue weighted by atomic mass is 32.2. The summed E-state index contributed by atoms with van der Waals surface area (Å²) < 4.78 is 0. The van der Waals surface area contributed by atoms with Gasteiger partial charge in [0.05, 0.1) is 0 Å². The molecule has 0 aromatic carbocycles. The molecule has 2 fully saturated rings. The van der Waals surface area contributed by atoms with E-state index < -0.39 is 0 Å². The second-order valence-electron chi connectivity index (χ2n) is 4.99. The van der Waals surface area contributed by atoms with E-state index in [0.717, 1.165) is 19.3 Å². The number of Topliss-reactive ketones (excluding diaryl/α,β-unsaturated/α-hetero) is 1. The number of thioether (sulfide) groups is 1. The van der Waals surface area contributed by atoms with Gasteiger partial charge in [0.25, 0.3) is 0 Å². The molecule has 15 heavy (non-hydrogen) atoms. The molecule has 2 rings (SSSR count). The third-order valence-electron chi connectivity index (χ3n) is 3.82. The Labute approximate surface area is 96.8 Å². The number of hydrogen-bond acceptors (Lipinski definition) is 3. The molecule has 86 valence electrons. The largest absolute Gasteiger partial charge is 0.300 e. The monoisotopic (exact) mass is 227 g/mol. The van der Waals surface area contributed by atoms with Gasteiger partial charge in [-0.2, -0.15) is 11.8 Å². The van der Waals surface area contributed by atoms with Crippen molar-refractivity contribution in [2.75, 3.05) is 18.1 Å². The molecule has 3 unspecified atom stereocenters. The minimum Gasteiger partial charge on any atom is -0.300 e. The third kappa shape index (κ3) is 2.56. The first-order valence-electron chi connectivity index (χ1n) is 6.03. The van der Waals surface area contributed by atoms with Crippen LogP contribution in [0, 0.1) is 5.92 Å². The zero-order valence-electron chi connectivity index (χ0n) is 9.74. The Morgan fingerprint density at radius 1 is 1.40 bits per heavy atom. The Morgan fingerprint density at radius 3 is 2.93 bits per heavy atom. The van der Waals surface area contributed by atoms with Crippen molar-refractivity contribution in [3.63, 3.8) is 0 Å². The van der Waals surface area contributed by atoms with Gasteiger partial charge in [0, 0.05) is 43.0 Å². The number of carbonyl (C=O) groups is 1. The van der Waals surface area contributed by atoms with Gasteiger partial charge in [0.15, 0.2) is 0 Å². The Balaban J connectivity index is 2.03. The minimum atomic E-state index is 0.475. The van der Waals surface area contributed by atoms with Crippen molar-refractivity contribution in [1.82, 2.24) is 4.90 Å². The van der Waals surface area contributed by atoms with Crippen molar-refractivity contribution in [3.05, 3.63) is 0 Å². The first kappa shape index (κ1) is 11.5. The van der Waals surface area contributed by atoms with Crippen LogP contribution >= 0.6 is 11.8 Å². The summed E-state index contributed by atoms with van der Waals surface area (Å²) in [6.45, 7) is 5.79. The lowest BCUT2D eigenvalue weighted by molar-refractivity contribution is -0.123. The fourth-order valence-corrected chi connectivity index (χ4v) is 3.83. The number of rotatable bonds is 1. The molecular formula is C12H21NOS. The fourth-order valence-electron chi connectivity index (χ4n) is 2.79. The van der Waals surface area contributed by atoms with Crippen molar-refractivity contribution in [2.24, 2.45) is 5.92 Å². The van der Waals surface area contributed by atoms with Crippen LogP contribution in [-0.2, 0) is 4.79 Å². The summed E-state index contributed by atoms with van der Waals surface area (Å²) in [6, 6.07) is 1.18. The predicted octanol–water partition coefficient (Wildman–Crippen LogP) is 2.18. The normalized spacial score (nSPS) is 39.3. The lowest BCUT2D eigenvalue weighted by Gasteiger charge is -2.43. The van der Waals surface area contributed by atoms with Gasteiger partial charge >= 0.3 is 0 Å². The van der Waals surface area contributed by atoms with Crippen LogP contribution in [0.4, 0.5) is 0 Å². The van der Waals surface area contributed by atoms with Crippen LogP contribution in [0.15, 0.2) is 0 Å². The van der Waals surface area contributed by atoms with Gasteiger partial charge in [-0.05, 0) is 19.3 Å². The van der Waals surface area contributed by atoms with E-state index in [9.17, 15) is 4.79 Å². The van der Waals surface area contributed by atoms with Crippen LogP contribution in [0.3, 0.4) is 0 Å². The molecule has 1 aliphatic carbocycles. The van der Waals surface area contributed by atoms with Crippen LogP contribution in [-0.4, -0.2) is 40.8 Å². The predicted molar refractivity (Wildman–Crippen MR) is 65.3 cm³/mol. The van der Waals surface area contributed by atoms with Gasteiger partial charge in [-0.1, -0.05) is 6.92 Å². The number of carbonyl (C=O) groups excluding carboxylic acids is 1. The van der Waals surface area contributed by atoms with E-state index in [1.807, 2.05) is 11.8 Å². The van der Waals surface area contributed by atoms with Gasteiger partial charge in [-0.15, -0.1) is 0 Å². The molecule has 0 aromatic heterocycles. The van der Waals surface area contributed by atoms with E-state index in [-0.39, 0.29) is 0 Å². The first-order chi connectivity index (χ1) is 7.18. The van der Waals surface area contributed by atoms with Crippen molar-refractivity contribution in [1.29, 1.82) is 0 Å². The molecule has 0 radical (unpaired) electrons. The number of hydrogen-bond donors (Lipinski definition) is 0. The first-order valence-corrected chi connectivity index (χ1v) is 7.19. The maximum Gasteiger partial charge on any atom is 0.134 e. The molecular weight excluding hydrogens is 206 g/mol. The van der Waals surface area contributed by atoms with E-state index in [1.54, 1.807) is 0 Å². The highest BCUT2D eigenvalue weighted by Crippen LogP contribution is 2.30. The van der Waals surface area contributed by atoms with E-state index in [2.05, 4.69) is 18.7 Å². The van der Waals surface area contributed by atoms with E-state index >= 15 is 0 Å². The quantitative estimate of drug-likeness (QED) is 0.685. The third-order valence-corrected chi connectivity index (χ3v) is 5.01. The molecule has 0 spiro atoms. The topological polar surface area (TPSA) is 20.3 Å². The SMILES string of the molecule is CC1CCC(=O)CC1N1CCSCC1C. The van der Waals surface area contributed by atoms with E-state index in [4.69, 9.17) is 0 Å². The second-order valence-corrected chi connectivity index (χ2v) is 6.14. The maximum absolute atomic E-state index is 11.5. The summed E-state index contributed by atoms with van der Waals surface area (Å²) in [5.41, 5.74) is 0. The lowest BCUT2D eigenvalue weighted by Crippen LogP contribution is -2.51. The van der Waals surface area contributed by atoms with Crippen molar-refractivity contribution in [3.8, 4) is 0 Å². The number of nitrogens with zero attached hydrogens (tertiary/aromatic N) is 1. The van der Waals surface area contributed by atoms with E-state index in [0.29, 0.717) is 23.8 Å². The summed E-state index contributed by atoms with van der Waals surface area (Å²) in [4.78, 5) is 14.1. The average Bonchev–Trinajstić information content (AvgIpc) is 2.23. The molecule has 0 amide bonds. The Kier molecular flexibility index (Phi) is 3.73. The van der Waals surface area contributed by atoms with Gasteiger partial charge in [0.2, 0.25) is 0 Å². The Bertz CT molecular complexity index is 244.